The Morgan fingerprint density at radius 1 is 1.04 bits per heavy atom. The molecule has 3 rings (SSSR count). The molecule has 1 unspecified atom stereocenters. The number of carbonyl (C=O) groups is 1. The predicted octanol–water partition coefficient (Wildman–Crippen LogP) is 3.13. The van der Waals surface area contributed by atoms with Crippen molar-refractivity contribution in [2.24, 2.45) is 0 Å². The molecule has 2 aromatic heterocycles. The summed E-state index contributed by atoms with van der Waals surface area (Å²) in [7, 11) is 1.63. The topological polar surface area (TPSA) is 68.2 Å². The summed E-state index contributed by atoms with van der Waals surface area (Å²) in [6, 6.07) is 11.3. The van der Waals surface area contributed by atoms with E-state index < -0.39 is 0 Å². The molecule has 0 aliphatic rings. The third-order valence-electron chi connectivity index (χ3n) is 4.13. The zero-order chi connectivity index (χ0) is 18.4. The Hall–Kier alpha value is -3.28. The zero-order valence-electron chi connectivity index (χ0n) is 14.7. The van der Waals surface area contributed by atoms with Gasteiger partial charge in [-0.3, -0.25) is 14.8 Å². The molecule has 26 heavy (non-hydrogen) atoms. The monoisotopic (exact) mass is 348 g/mol. The summed E-state index contributed by atoms with van der Waals surface area (Å²) >= 11 is 0. The van der Waals surface area contributed by atoms with E-state index in [-0.39, 0.29) is 11.9 Å². The SMILES string of the molecule is CCN(C(=O)c1cnccn1)C(c1ccc(OC)cc1)c1cccnc1. The van der Waals surface area contributed by atoms with Crippen LogP contribution in [0.1, 0.15) is 34.6 Å². The number of pyridine rings is 1. The van der Waals surface area contributed by atoms with Gasteiger partial charge in [0, 0.05) is 31.3 Å². The van der Waals surface area contributed by atoms with Gasteiger partial charge in [-0.25, -0.2) is 4.98 Å². The number of benzene rings is 1. The van der Waals surface area contributed by atoms with Crippen LogP contribution in [-0.4, -0.2) is 39.4 Å². The Kier molecular flexibility index (Phi) is 5.53. The summed E-state index contributed by atoms with van der Waals surface area (Å²) in [6.07, 6.45) is 8.05. The summed E-state index contributed by atoms with van der Waals surface area (Å²) in [5, 5.41) is 0. The van der Waals surface area contributed by atoms with E-state index in [9.17, 15) is 4.79 Å². The fourth-order valence-corrected chi connectivity index (χ4v) is 2.88. The maximum absolute atomic E-state index is 13.1. The van der Waals surface area contributed by atoms with Crippen molar-refractivity contribution in [3.8, 4) is 5.75 Å². The minimum atomic E-state index is -0.283. The van der Waals surface area contributed by atoms with Crippen LogP contribution in [-0.2, 0) is 0 Å². The molecule has 132 valence electrons. The van der Waals surface area contributed by atoms with Crippen molar-refractivity contribution >= 4 is 5.91 Å². The minimum absolute atomic E-state index is 0.176. The standard InChI is InChI=1S/C20H20N4O2/c1-3-24(20(25)18-14-22-11-12-23-18)19(16-5-4-10-21-13-16)15-6-8-17(26-2)9-7-15/h4-14,19H,3H2,1-2H3. The van der Waals surface area contributed by atoms with Gasteiger partial charge in [-0.2, -0.15) is 0 Å². The molecule has 6 nitrogen and oxygen atoms in total. The maximum Gasteiger partial charge on any atom is 0.274 e. The van der Waals surface area contributed by atoms with Gasteiger partial charge in [0.1, 0.15) is 11.4 Å². The van der Waals surface area contributed by atoms with Crippen LogP contribution in [0.5, 0.6) is 5.75 Å². The van der Waals surface area contributed by atoms with Crippen molar-refractivity contribution in [3.63, 3.8) is 0 Å². The van der Waals surface area contributed by atoms with Gasteiger partial charge in [-0.15, -0.1) is 0 Å². The molecular weight excluding hydrogens is 328 g/mol. The number of rotatable bonds is 6. The molecule has 0 saturated heterocycles. The van der Waals surface area contributed by atoms with Gasteiger partial charge in [0.15, 0.2) is 0 Å². The lowest BCUT2D eigenvalue weighted by Gasteiger charge is -2.31. The summed E-state index contributed by atoms with van der Waals surface area (Å²) in [5.74, 6) is 0.590. The smallest absolute Gasteiger partial charge is 0.274 e. The Morgan fingerprint density at radius 3 is 2.38 bits per heavy atom. The Labute approximate surface area is 152 Å². The number of ether oxygens (including phenoxy) is 1. The molecule has 0 fully saturated rings. The average molecular weight is 348 g/mol. The molecule has 2 heterocycles. The highest BCUT2D eigenvalue weighted by Gasteiger charge is 2.27. The van der Waals surface area contributed by atoms with E-state index in [0.29, 0.717) is 12.2 Å². The molecular formula is C20H20N4O2. The number of hydrogen-bond donors (Lipinski definition) is 0. The van der Waals surface area contributed by atoms with Crippen LogP contribution in [0, 0.1) is 0 Å². The van der Waals surface area contributed by atoms with Gasteiger partial charge in [-0.05, 0) is 36.2 Å². The second-order valence-corrected chi connectivity index (χ2v) is 5.64. The Bertz CT molecular complexity index is 839. The zero-order valence-corrected chi connectivity index (χ0v) is 14.7. The van der Waals surface area contributed by atoms with Crippen molar-refractivity contribution in [3.05, 3.63) is 84.2 Å². The third kappa shape index (κ3) is 3.69. The highest BCUT2D eigenvalue weighted by atomic mass is 16.5. The minimum Gasteiger partial charge on any atom is -0.497 e. The summed E-state index contributed by atoms with van der Waals surface area (Å²) in [6.45, 7) is 2.46. The van der Waals surface area contributed by atoms with Crippen LogP contribution < -0.4 is 4.74 Å². The van der Waals surface area contributed by atoms with Gasteiger partial charge in [0.2, 0.25) is 0 Å². The first-order valence-electron chi connectivity index (χ1n) is 8.35. The van der Waals surface area contributed by atoms with E-state index >= 15 is 0 Å². The lowest BCUT2D eigenvalue weighted by atomic mass is 9.98. The Balaban J connectivity index is 2.04. The van der Waals surface area contributed by atoms with E-state index in [0.717, 1.165) is 16.9 Å². The first kappa shape index (κ1) is 17.5. The van der Waals surface area contributed by atoms with Crippen LogP contribution in [0.15, 0.2) is 67.4 Å². The Morgan fingerprint density at radius 2 is 1.81 bits per heavy atom. The first-order valence-corrected chi connectivity index (χ1v) is 8.35. The number of aromatic nitrogens is 3. The summed E-state index contributed by atoms with van der Waals surface area (Å²) in [5.41, 5.74) is 2.21. The molecule has 0 saturated carbocycles. The van der Waals surface area contributed by atoms with E-state index in [2.05, 4.69) is 15.0 Å². The lowest BCUT2D eigenvalue weighted by molar-refractivity contribution is 0.0710. The fourth-order valence-electron chi connectivity index (χ4n) is 2.88. The van der Waals surface area contributed by atoms with E-state index in [1.807, 2.05) is 43.3 Å². The van der Waals surface area contributed by atoms with E-state index in [1.54, 1.807) is 30.6 Å². The van der Waals surface area contributed by atoms with Gasteiger partial charge < -0.3 is 9.64 Å². The van der Waals surface area contributed by atoms with Crippen LogP contribution in [0.2, 0.25) is 0 Å². The average Bonchev–Trinajstić information content (AvgIpc) is 2.73. The molecule has 0 bridgehead atoms. The number of hydrogen-bond acceptors (Lipinski definition) is 5. The normalized spacial score (nSPS) is 11.6. The molecule has 3 aromatic rings. The van der Waals surface area contributed by atoms with Crippen LogP contribution in [0.25, 0.3) is 0 Å². The highest BCUT2D eigenvalue weighted by molar-refractivity contribution is 5.92. The molecule has 0 aliphatic carbocycles. The van der Waals surface area contributed by atoms with E-state index in [4.69, 9.17) is 4.74 Å². The summed E-state index contributed by atoms with van der Waals surface area (Å²) in [4.78, 5) is 27.2. The summed E-state index contributed by atoms with van der Waals surface area (Å²) < 4.78 is 5.25. The molecule has 1 amide bonds. The van der Waals surface area contributed by atoms with Crippen LogP contribution in [0.3, 0.4) is 0 Å². The highest BCUT2D eigenvalue weighted by Crippen LogP contribution is 2.30. The largest absolute Gasteiger partial charge is 0.497 e. The van der Waals surface area contributed by atoms with Gasteiger partial charge >= 0.3 is 0 Å². The number of methoxy groups -OCH3 is 1. The molecule has 1 aromatic carbocycles. The molecule has 6 heteroatoms. The van der Waals surface area contributed by atoms with Gasteiger partial charge in [-0.1, -0.05) is 18.2 Å². The molecule has 0 N–H and O–H groups in total. The number of amides is 1. The van der Waals surface area contributed by atoms with Crippen molar-refractivity contribution in [2.45, 2.75) is 13.0 Å². The van der Waals surface area contributed by atoms with Crippen molar-refractivity contribution in [1.29, 1.82) is 0 Å². The van der Waals surface area contributed by atoms with Crippen LogP contribution >= 0.6 is 0 Å². The molecule has 0 radical (unpaired) electrons. The number of nitrogens with zero attached hydrogens (tertiary/aromatic N) is 4. The second-order valence-electron chi connectivity index (χ2n) is 5.64. The van der Waals surface area contributed by atoms with Crippen molar-refractivity contribution < 1.29 is 9.53 Å². The van der Waals surface area contributed by atoms with Gasteiger partial charge in [0.25, 0.3) is 5.91 Å². The third-order valence-corrected chi connectivity index (χ3v) is 4.13. The second kappa shape index (κ2) is 8.20. The quantitative estimate of drug-likeness (QED) is 0.684. The van der Waals surface area contributed by atoms with Crippen molar-refractivity contribution in [1.82, 2.24) is 19.9 Å². The van der Waals surface area contributed by atoms with Crippen LogP contribution in [0.4, 0.5) is 0 Å². The van der Waals surface area contributed by atoms with E-state index in [1.165, 1.54) is 12.4 Å². The van der Waals surface area contributed by atoms with Gasteiger partial charge in [0.05, 0.1) is 19.3 Å². The molecule has 0 spiro atoms. The maximum atomic E-state index is 13.1. The number of carbonyl (C=O) groups excluding carboxylic acids is 1. The lowest BCUT2D eigenvalue weighted by Crippen LogP contribution is -2.36. The van der Waals surface area contributed by atoms with Crippen molar-refractivity contribution in [2.75, 3.05) is 13.7 Å². The fraction of sp³-hybridized carbons (Fsp3) is 0.200. The first-order chi connectivity index (χ1) is 12.7. The predicted molar refractivity (Wildman–Crippen MR) is 97.8 cm³/mol. The molecule has 0 aliphatic heterocycles. The molecule has 1 atom stereocenters.